The lowest BCUT2D eigenvalue weighted by molar-refractivity contribution is -0.385. The molecule has 0 saturated heterocycles. The molecule has 0 radical (unpaired) electrons. The number of nitro benzene ring substituents is 1. The summed E-state index contributed by atoms with van der Waals surface area (Å²) in [7, 11) is -3.32. The maximum absolute atomic E-state index is 14.6. The first kappa shape index (κ1) is 36.9. The van der Waals surface area contributed by atoms with Crippen LogP contribution in [0, 0.1) is 17.0 Å². The van der Waals surface area contributed by atoms with Crippen molar-refractivity contribution in [2.45, 2.75) is 50.6 Å². The summed E-state index contributed by atoms with van der Waals surface area (Å²) in [6.45, 7) is 3.12. The SMILES string of the molecule is CCCCNC(=O)C(Cc1ccccc1)N(Cc1ccccc1)C(=O)CN(c1cc(Cl)ccc1OC)S(=O)(=O)c1ccc(C)c([N+](=O)[O-])c1. The minimum absolute atomic E-state index is 0.00502. The van der Waals surface area contributed by atoms with Crippen molar-refractivity contribution < 1.29 is 27.7 Å². The number of nitro groups is 1. The van der Waals surface area contributed by atoms with Crippen LogP contribution < -0.4 is 14.4 Å². The maximum atomic E-state index is 14.6. The van der Waals surface area contributed by atoms with Gasteiger partial charge in [-0.15, -0.1) is 0 Å². The van der Waals surface area contributed by atoms with E-state index < -0.39 is 44.0 Å². The van der Waals surface area contributed by atoms with Gasteiger partial charge in [0.1, 0.15) is 18.3 Å². The molecule has 0 aliphatic carbocycles. The molecule has 0 spiro atoms. The molecule has 1 atom stereocenters. The van der Waals surface area contributed by atoms with Crippen LogP contribution in [0.3, 0.4) is 0 Å². The Morgan fingerprint density at radius 2 is 1.61 bits per heavy atom. The lowest BCUT2D eigenvalue weighted by Gasteiger charge is -2.34. The number of aryl methyl sites for hydroxylation is 1. The monoisotopic (exact) mass is 706 g/mol. The van der Waals surface area contributed by atoms with Crippen molar-refractivity contribution in [3.05, 3.63) is 129 Å². The standard InChI is InChI=1S/C36H39ClN4O7S/c1-4-5-20-38-36(43)33(21-27-12-8-6-9-13-27)39(24-28-14-10-7-11-15-28)35(42)25-40(32-22-29(37)17-19-34(32)48-3)49(46,47)30-18-16-26(2)31(23-30)41(44)45/h6-19,22-23,33H,4-5,20-21,24-25H2,1-3H3,(H,38,43). The molecule has 0 aliphatic rings. The van der Waals surface area contributed by atoms with Crippen molar-refractivity contribution in [3.8, 4) is 5.75 Å². The molecule has 0 heterocycles. The highest BCUT2D eigenvalue weighted by Gasteiger charge is 2.36. The van der Waals surface area contributed by atoms with Gasteiger partial charge in [-0.1, -0.05) is 91.7 Å². The van der Waals surface area contributed by atoms with Gasteiger partial charge in [0.2, 0.25) is 11.8 Å². The van der Waals surface area contributed by atoms with Crippen molar-refractivity contribution >= 4 is 44.8 Å². The van der Waals surface area contributed by atoms with Gasteiger partial charge in [-0.05, 0) is 48.7 Å². The number of halogens is 1. The molecule has 11 nitrogen and oxygen atoms in total. The maximum Gasteiger partial charge on any atom is 0.273 e. The number of hydrogen-bond acceptors (Lipinski definition) is 7. The van der Waals surface area contributed by atoms with E-state index in [9.17, 15) is 28.1 Å². The summed E-state index contributed by atoms with van der Waals surface area (Å²) >= 11 is 6.34. The van der Waals surface area contributed by atoms with Crippen LogP contribution in [0.4, 0.5) is 11.4 Å². The molecule has 0 fully saturated rings. The molecule has 0 saturated carbocycles. The quantitative estimate of drug-likeness (QED) is 0.0818. The van der Waals surface area contributed by atoms with Gasteiger partial charge in [-0.2, -0.15) is 0 Å². The summed E-state index contributed by atoms with van der Waals surface area (Å²) < 4.78 is 35.2. The number of nitrogens with one attached hydrogen (secondary N) is 1. The summed E-state index contributed by atoms with van der Waals surface area (Å²) in [5.74, 6) is -0.983. The van der Waals surface area contributed by atoms with Gasteiger partial charge in [-0.3, -0.25) is 24.0 Å². The zero-order chi connectivity index (χ0) is 35.6. The van der Waals surface area contributed by atoms with Crippen LogP contribution in [0.15, 0.2) is 102 Å². The van der Waals surface area contributed by atoms with E-state index in [-0.39, 0.29) is 40.9 Å². The van der Waals surface area contributed by atoms with E-state index >= 15 is 0 Å². The summed E-state index contributed by atoms with van der Waals surface area (Å²) in [6, 6.07) is 25.1. The number of ether oxygens (including phenoxy) is 1. The van der Waals surface area contributed by atoms with E-state index in [0.29, 0.717) is 6.54 Å². The van der Waals surface area contributed by atoms with Crippen LogP contribution >= 0.6 is 11.6 Å². The van der Waals surface area contributed by atoms with Gasteiger partial charge >= 0.3 is 0 Å². The molecule has 4 aromatic carbocycles. The van der Waals surface area contributed by atoms with Gasteiger partial charge < -0.3 is 15.0 Å². The molecule has 4 aromatic rings. The number of carbonyl (C=O) groups is 2. The Balaban J connectivity index is 1.86. The lowest BCUT2D eigenvalue weighted by Crippen LogP contribution is -2.53. The number of benzene rings is 4. The summed E-state index contributed by atoms with van der Waals surface area (Å²) in [4.78, 5) is 40.6. The number of methoxy groups -OCH3 is 1. The number of sulfonamides is 1. The van der Waals surface area contributed by atoms with Gasteiger partial charge in [0.15, 0.2) is 0 Å². The van der Waals surface area contributed by atoms with Crippen LogP contribution in [0.2, 0.25) is 5.02 Å². The third kappa shape index (κ3) is 9.36. The van der Waals surface area contributed by atoms with Crippen molar-refractivity contribution in [1.82, 2.24) is 10.2 Å². The Hall–Kier alpha value is -4.94. The Labute approximate surface area is 291 Å². The molecular formula is C36H39ClN4O7S. The number of hydrogen-bond donors (Lipinski definition) is 1. The second-order valence-electron chi connectivity index (χ2n) is 11.4. The molecule has 0 aromatic heterocycles. The molecule has 49 heavy (non-hydrogen) atoms. The molecular weight excluding hydrogens is 668 g/mol. The number of nitrogens with zero attached hydrogens (tertiary/aromatic N) is 3. The van der Waals surface area contributed by atoms with E-state index in [2.05, 4.69) is 5.32 Å². The predicted molar refractivity (Wildman–Crippen MR) is 189 cm³/mol. The van der Waals surface area contributed by atoms with Crippen LogP contribution in [-0.4, -0.2) is 56.3 Å². The average molecular weight is 707 g/mol. The molecule has 258 valence electrons. The van der Waals surface area contributed by atoms with Gasteiger partial charge in [0.05, 0.1) is 22.6 Å². The highest BCUT2D eigenvalue weighted by atomic mass is 35.5. The Kier molecular flexibility index (Phi) is 12.8. The molecule has 1 N–H and O–H groups in total. The molecule has 0 aliphatic heterocycles. The van der Waals surface area contributed by atoms with Gasteiger partial charge in [-0.25, -0.2) is 8.42 Å². The Bertz CT molecular complexity index is 1880. The van der Waals surface area contributed by atoms with Crippen molar-refractivity contribution in [3.63, 3.8) is 0 Å². The largest absolute Gasteiger partial charge is 0.495 e. The van der Waals surface area contributed by atoms with Crippen molar-refractivity contribution in [1.29, 1.82) is 0 Å². The van der Waals surface area contributed by atoms with Crippen molar-refractivity contribution in [2.24, 2.45) is 0 Å². The van der Waals surface area contributed by atoms with Gasteiger partial charge in [0.25, 0.3) is 15.7 Å². The third-order valence-corrected chi connectivity index (χ3v) is 9.94. The van der Waals surface area contributed by atoms with E-state index in [1.54, 1.807) is 0 Å². The second kappa shape index (κ2) is 16.9. The normalized spacial score (nSPS) is 11.8. The third-order valence-electron chi connectivity index (χ3n) is 7.95. The predicted octanol–water partition coefficient (Wildman–Crippen LogP) is 6.32. The Morgan fingerprint density at radius 1 is 0.959 bits per heavy atom. The van der Waals surface area contributed by atoms with Gasteiger partial charge in [0, 0.05) is 36.2 Å². The number of anilines is 1. The van der Waals surface area contributed by atoms with E-state index in [1.165, 1.54) is 49.3 Å². The lowest BCUT2D eigenvalue weighted by atomic mass is 10.0. The van der Waals surface area contributed by atoms with E-state index in [4.69, 9.17) is 16.3 Å². The fraction of sp³-hybridized carbons (Fsp3) is 0.278. The topological polar surface area (TPSA) is 139 Å². The fourth-order valence-electron chi connectivity index (χ4n) is 5.29. The van der Waals surface area contributed by atoms with Crippen LogP contribution in [0.5, 0.6) is 5.75 Å². The fourth-order valence-corrected chi connectivity index (χ4v) is 6.89. The minimum Gasteiger partial charge on any atom is -0.495 e. The minimum atomic E-state index is -4.66. The number of amides is 2. The second-order valence-corrected chi connectivity index (χ2v) is 13.7. The molecule has 4 rings (SSSR count). The Morgan fingerprint density at radius 3 is 2.22 bits per heavy atom. The first-order chi connectivity index (χ1) is 23.5. The molecule has 2 amide bonds. The smallest absolute Gasteiger partial charge is 0.273 e. The highest BCUT2D eigenvalue weighted by Crippen LogP contribution is 2.36. The highest BCUT2D eigenvalue weighted by molar-refractivity contribution is 7.92. The number of unbranched alkanes of at least 4 members (excludes halogenated alkanes) is 1. The van der Waals surface area contributed by atoms with Crippen LogP contribution in [0.25, 0.3) is 0 Å². The van der Waals surface area contributed by atoms with Crippen molar-refractivity contribution in [2.75, 3.05) is 24.5 Å². The first-order valence-corrected chi connectivity index (χ1v) is 17.5. The summed E-state index contributed by atoms with van der Waals surface area (Å²) in [5, 5.41) is 14.9. The number of carbonyl (C=O) groups excluding carboxylic acids is 2. The van der Waals surface area contributed by atoms with E-state index in [1.807, 2.05) is 67.6 Å². The first-order valence-electron chi connectivity index (χ1n) is 15.7. The summed E-state index contributed by atoms with van der Waals surface area (Å²) in [6.07, 6.45) is 1.75. The zero-order valence-corrected chi connectivity index (χ0v) is 29.1. The number of rotatable bonds is 16. The zero-order valence-electron chi connectivity index (χ0n) is 27.5. The van der Waals surface area contributed by atoms with E-state index in [0.717, 1.165) is 34.3 Å². The molecule has 13 heteroatoms. The average Bonchev–Trinajstić information content (AvgIpc) is 3.09. The van der Waals surface area contributed by atoms with Crippen LogP contribution in [-0.2, 0) is 32.6 Å². The molecule has 1 unspecified atom stereocenters. The summed E-state index contributed by atoms with van der Waals surface area (Å²) in [5.41, 5.74) is 1.33. The van der Waals surface area contributed by atoms with Crippen LogP contribution in [0.1, 0.15) is 36.5 Å². The molecule has 0 bridgehead atoms.